The molecule has 0 saturated carbocycles. The van der Waals surface area contributed by atoms with E-state index in [9.17, 15) is 4.79 Å². The van der Waals surface area contributed by atoms with E-state index >= 15 is 0 Å². The summed E-state index contributed by atoms with van der Waals surface area (Å²) in [7, 11) is 0. The lowest BCUT2D eigenvalue weighted by atomic mass is 10.0. The molecule has 7 nitrogen and oxygen atoms in total. The molecule has 3 heterocycles. The molecule has 0 spiro atoms. The van der Waals surface area contributed by atoms with Gasteiger partial charge in [-0.25, -0.2) is 19.2 Å². The summed E-state index contributed by atoms with van der Waals surface area (Å²) in [5.74, 6) is 1.90. The van der Waals surface area contributed by atoms with Crippen molar-refractivity contribution in [1.29, 1.82) is 0 Å². The van der Waals surface area contributed by atoms with Crippen molar-refractivity contribution in [3.8, 4) is 5.82 Å². The summed E-state index contributed by atoms with van der Waals surface area (Å²) < 4.78 is 3.55. The van der Waals surface area contributed by atoms with E-state index in [1.807, 2.05) is 53.9 Å². The first-order valence-electron chi connectivity index (χ1n) is 10.0. The number of aromatic nitrogens is 6. The second-order valence-electron chi connectivity index (χ2n) is 7.15. The Bertz CT molecular complexity index is 1090. The Morgan fingerprint density at radius 2 is 1.83 bits per heavy atom. The van der Waals surface area contributed by atoms with E-state index < -0.39 is 0 Å². The Morgan fingerprint density at radius 1 is 1.00 bits per heavy atom. The van der Waals surface area contributed by atoms with Crippen LogP contribution in [-0.4, -0.2) is 35.1 Å². The van der Waals surface area contributed by atoms with E-state index in [0.29, 0.717) is 12.2 Å². The summed E-state index contributed by atoms with van der Waals surface area (Å²) in [5, 5.41) is 8.82. The summed E-state index contributed by atoms with van der Waals surface area (Å²) in [6.45, 7) is 2.00. The minimum absolute atomic E-state index is 0.227. The van der Waals surface area contributed by atoms with E-state index in [4.69, 9.17) is 4.98 Å². The number of unbranched alkanes of at least 4 members (excludes halogenated alkanes) is 3. The zero-order valence-electron chi connectivity index (χ0n) is 16.5. The molecule has 0 unspecified atom stereocenters. The standard InChI is InChI=1S/C22H24N6O/c1-17-19-13-14-22(27-16-23-15-24-27)26-28(19)21(25-17)12-8-3-2-7-11-20(29)18-9-5-4-6-10-18/h4-6,9-10,13-16H,2-3,7-8,11-12H2,1H3. The maximum absolute atomic E-state index is 12.1. The van der Waals surface area contributed by atoms with Crippen LogP contribution in [0.1, 0.15) is 54.0 Å². The summed E-state index contributed by atoms with van der Waals surface area (Å²) >= 11 is 0. The van der Waals surface area contributed by atoms with Crippen LogP contribution < -0.4 is 0 Å². The SMILES string of the molecule is Cc1nc(CCCCCCC(=O)c2ccccc2)n2nc(-n3cncn3)ccc12. The van der Waals surface area contributed by atoms with Gasteiger partial charge in [-0.1, -0.05) is 43.2 Å². The number of nitrogens with zero attached hydrogens (tertiary/aromatic N) is 6. The van der Waals surface area contributed by atoms with Crippen molar-refractivity contribution in [1.82, 2.24) is 29.4 Å². The first-order valence-corrected chi connectivity index (χ1v) is 10.0. The van der Waals surface area contributed by atoms with Gasteiger partial charge in [-0.15, -0.1) is 5.10 Å². The van der Waals surface area contributed by atoms with Crippen molar-refractivity contribution in [3.63, 3.8) is 0 Å². The van der Waals surface area contributed by atoms with Crippen molar-refractivity contribution in [2.24, 2.45) is 0 Å². The minimum atomic E-state index is 0.227. The van der Waals surface area contributed by atoms with Crippen LogP contribution in [-0.2, 0) is 6.42 Å². The van der Waals surface area contributed by atoms with Gasteiger partial charge in [-0.2, -0.15) is 5.10 Å². The molecule has 0 bridgehead atoms. The molecule has 0 saturated heterocycles. The van der Waals surface area contributed by atoms with Crippen LogP contribution in [0.5, 0.6) is 0 Å². The van der Waals surface area contributed by atoms with E-state index in [0.717, 1.165) is 54.7 Å². The number of fused-ring (bicyclic) bond motifs is 1. The molecule has 3 aromatic heterocycles. The number of carbonyl (C=O) groups is 1. The molecule has 0 fully saturated rings. The Morgan fingerprint density at radius 3 is 2.62 bits per heavy atom. The fourth-order valence-electron chi connectivity index (χ4n) is 3.48. The third-order valence-corrected chi connectivity index (χ3v) is 5.04. The molecule has 0 atom stereocenters. The van der Waals surface area contributed by atoms with Crippen molar-refractivity contribution in [2.45, 2.75) is 45.4 Å². The van der Waals surface area contributed by atoms with Gasteiger partial charge in [-0.05, 0) is 31.9 Å². The number of aryl methyl sites for hydroxylation is 2. The second kappa shape index (κ2) is 8.77. The van der Waals surface area contributed by atoms with Crippen molar-refractivity contribution >= 4 is 11.3 Å². The van der Waals surface area contributed by atoms with Crippen molar-refractivity contribution < 1.29 is 4.79 Å². The predicted octanol–water partition coefficient (Wildman–Crippen LogP) is 3.99. The molecular formula is C22H24N6O. The van der Waals surface area contributed by atoms with Crippen LogP contribution in [0.3, 0.4) is 0 Å². The molecule has 0 aliphatic rings. The third-order valence-electron chi connectivity index (χ3n) is 5.04. The van der Waals surface area contributed by atoms with Crippen LogP contribution in [0.2, 0.25) is 0 Å². The molecule has 4 aromatic rings. The fourth-order valence-corrected chi connectivity index (χ4v) is 3.48. The highest BCUT2D eigenvalue weighted by molar-refractivity contribution is 5.95. The lowest BCUT2D eigenvalue weighted by Gasteiger charge is -2.04. The van der Waals surface area contributed by atoms with Crippen LogP contribution >= 0.6 is 0 Å². The highest BCUT2D eigenvalue weighted by atomic mass is 16.1. The van der Waals surface area contributed by atoms with Crippen LogP contribution in [0.4, 0.5) is 0 Å². The molecule has 0 N–H and O–H groups in total. The first kappa shape index (κ1) is 19.0. The molecule has 4 rings (SSSR count). The van der Waals surface area contributed by atoms with E-state index in [2.05, 4.69) is 15.2 Å². The smallest absolute Gasteiger partial charge is 0.175 e. The summed E-state index contributed by atoms with van der Waals surface area (Å²) in [6.07, 6.45) is 8.64. The predicted molar refractivity (Wildman–Crippen MR) is 110 cm³/mol. The third kappa shape index (κ3) is 4.39. The number of hydrogen-bond acceptors (Lipinski definition) is 5. The quantitative estimate of drug-likeness (QED) is 0.320. The monoisotopic (exact) mass is 388 g/mol. The number of ketones is 1. The lowest BCUT2D eigenvalue weighted by molar-refractivity contribution is 0.0979. The maximum atomic E-state index is 12.1. The number of carbonyl (C=O) groups excluding carboxylic acids is 1. The average Bonchev–Trinajstić information content (AvgIpc) is 3.39. The van der Waals surface area contributed by atoms with Gasteiger partial charge in [0.15, 0.2) is 11.6 Å². The van der Waals surface area contributed by atoms with Gasteiger partial charge >= 0.3 is 0 Å². The first-order chi connectivity index (χ1) is 14.2. The highest BCUT2D eigenvalue weighted by Gasteiger charge is 2.11. The topological polar surface area (TPSA) is 78.0 Å². The van der Waals surface area contributed by atoms with E-state index in [1.54, 1.807) is 11.0 Å². The van der Waals surface area contributed by atoms with Gasteiger partial charge in [0.05, 0.1) is 11.2 Å². The Hall–Kier alpha value is -3.35. The number of imidazole rings is 1. The minimum Gasteiger partial charge on any atom is -0.294 e. The van der Waals surface area contributed by atoms with Gasteiger partial charge in [0.1, 0.15) is 18.5 Å². The number of Topliss-reactive ketones (excluding diaryl/α,β-unsaturated/α-hetero) is 1. The van der Waals surface area contributed by atoms with Gasteiger partial charge in [0.2, 0.25) is 0 Å². The normalized spacial score (nSPS) is 11.2. The summed E-state index contributed by atoms with van der Waals surface area (Å²) in [5.41, 5.74) is 2.80. The number of hydrogen-bond donors (Lipinski definition) is 0. The van der Waals surface area contributed by atoms with Crippen LogP contribution in [0.15, 0.2) is 55.1 Å². The maximum Gasteiger partial charge on any atom is 0.175 e. The van der Waals surface area contributed by atoms with E-state index in [-0.39, 0.29) is 5.78 Å². The Labute approximate surface area is 169 Å². The Kier molecular flexibility index (Phi) is 5.74. The number of benzene rings is 1. The molecule has 148 valence electrons. The average molecular weight is 388 g/mol. The number of rotatable bonds is 9. The van der Waals surface area contributed by atoms with Crippen LogP contribution in [0.25, 0.3) is 11.3 Å². The molecule has 0 aliphatic heterocycles. The van der Waals surface area contributed by atoms with Crippen molar-refractivity contribution in [3.05, 3.63) is 72.2 Å². The zero-order valence-corrected chi connectivity index (χ0v) is 16.5. The highest BCUT2D eigenvalue weighted by Crippen LogP contribution is 2.16. The second-order valence-corrected chi connectivity index (χ2v) is 7.15. The summed E-state index contributed by atoms with van der Waals surface area (Å²) in [6, 6.07) is 13.5. The molecule has 0 amide bonds. The summed E-state index contributed by atoms with van der Waals surface area (Å²) in [4.78, 5) is 20.8. The molecule has 29 heavy (non-hydrogen) atoms. The van der Waals surface area contributed by atoms with Gasteiger partial charge in [0, 0.05) is 18.4 Å². The molecule has 7 heteroatoms. The largest absolute Gasteiger partial charge is 0.294 e. The van der Waals surface area contributed by atoms with E-state index in [1.165, 1.54) is 6.33 Å². The van der Waals surface area contributed by atoms with Gasteiger partial charge < -0.3 is 0 Å². The molecule has 0 radical (unpaired) electrons. The van der Waals surface area contributed by atoms with Gasteiger partial charge in [0.25, 0.3) is 0 Å². The lowest BCUT2D eigenvalue weighted by Crippen LogP contribution is -2.05. The molecule has 1 aromatic carbocycles. The Balaban J connectivity index is 1.30. The molecule has 0 aliphatic carbocycles. The fraction of sp³-hybridized carbons (Fsp3) is 0.318. The zero-order chi connectivity index (χ0) is 20.1. The van der Waals surface area contributed by atoms with Crippen LogP contribution in [0, 0.1) is 6.92 Å². The molecular weight excluding hydrogens is 364 g/mol. The van der Waals surface area contributed by atoms with Crippen molar-refractivity contribution in [2.75, 3.05) is 0 Å². The van der Waals surface area contributed by atoms with Gasteiger partial charge in [-0.3, -0.25) is 4.79 Å².